The van der Waals surface area contributed by atoms with Crippen molar-refractivity contribution in [2.75, 3.05) is 28.9 Å². The van der Waals surface area contributed by atoms with Gasteiger partial charge in [-0.3, -0.25) is 19.8 Å². The summed E-state index contributed by atoms with van der Waals surface area (Å²) in [4.78, 5) is 16.8. The van der Waals surface area contributed by atoms with Crippen LogP contribution >= 0.6 is 57.5 Å². The molecule has 302 valence electrons. The lowest BCUT2D eigenvalue weighted by Gasteiger charge is -2.44. The predicted octanol–water partition coefficient (Wildman–Crippen LogP) is 9.40. The van der Waals surface area contributed by atoms with Gasteiger partial charge in [0.15, 0.2) is 10.3 Å². The fraction of sp³-hybridized carbons (Fsp3) is 0.128. The highest BCUT2D eigenvalue weighted by molar-refractivity contribution is 7.93. The summed E-state index contributed by atoms with van der Waals surface area (Å²) in [7, 11) is -5.75. The molecule has 3 aromatic heterocycles. The Kier molecular flexibility index (Phi) is 10.7. The van der Waals surface area contributed by atoms with Crippen LogP contribution < -0.4 is 20.1 Å². The molecular formula is C39H30Cl3FN8O4S4. The largest absolute Gasteiger partial charge is 0.365 e. The topological polar surface area (TPSA) is 167 Å². The third kappa shape index (κ3) is 7.22. The number of dihydropyridines is 1. The number of thiazole rings is 2. The Morgan fingerprint density at radius 1 is 0.814 bits per heavy atom. The van der Waals surface area contributed by atoms with Gasteiger partial charge in [0.1, 0.15) is 10.7 Å². The van der Waals surface area contributed by atoms with Crippen LogP contribution in [0.2, 0.25) is 10.2 Å². The average Bonchev–Trinajstić information content (AvgIpc) is 3.86. The molecule has 2 unspecified atom stereocenters. The first-order chi connectivity index (χ1) is 28.1. The number of aliphatic imine (C=N–C) groups is 1. The molecule has 0 spiro atoms. The van der Waals surface area contributed by atoms with E-state index in [4.69, 9.17) is 34.8 Å². The number of alkyl halides is 1. The minimum absolute atomic E-state index is 0.0359. The molecule has 0 fully saturated rings. The quantitative estimate of drug-likeness (QED) is 0.0562. The highest BCUT2D eigenvalue weighted by atomic mass is 35.5. The smallest absolute Gasteiger partial charge is 0.263 e. The zero-order chi connectivity index (χ0) is 41.9. The number of aromatic nitrogens is 3. The third-order valence-electron chi connectivity index (χ3n) is 9.82. The molecule has 1 aliphatic rings. The first-order valence-electron chi connectivity index (χ1n) is 17.4. The number of benzene rings is 4. The van der Waals surface area contributed by atoms with Crippen molar-refractivity contribution < 1.29 is 21.2 Å². The number of aryl methyl sites for hydroxylation is 1. The SMILES string of the molecule is CNc1nc2ccc(-c3cnc(Cl)c(NS(=O)(=O)c4c(C)ccc(NS(=O)(=O)c5ccc(F)c(C6(c7ccc8ncsc8c7)C=CC=NC6(Cl)NC)c5)c4Cl)c3)cc2s1. The summed E-state index contributed by atoms with van der Waals surface area (Å²) in [6.07, 6.45) is 6.25. The molecule has 1 aliphatic heterocycles. The van der Waals surface area contributed by atoms with Crippen LogP contribution in [0.5, 0.6) is 0 Å². The molecule has 2 atom stereocenters. The highest BCUT2D eigenvalue weighted by Crippen LogP contribution is 2.50. The number of nitrogens with zero attached hydrogens (tertiary/aromatic N) is 4. The molecule has 0 aliphatic carbocycles. The number of allylic oxidation sites excluding steroid dienone is 1. The third-order valence-corrected chi connectivity index (χ3v) is 16.0. The molecule has 4 heterocycles. The molecule has 0 amide bonds. The van der Waals surface area contributed by atoms with Crippen LogP contribution in [0.25, 0.3) is 31.6 Å². The van der Waals surface area contributed by atoms with Crippen molar-refractivity contribution in [3.05, 3.63) is 129 Å². The highest BCUT2D eigenvalue weighted by Gasteiger charge is 2.53. The minimum atomic E-state index is -4.57. The Labute approximate surface area is 361 Å². The van der Waals surface area contributed by atoms with Crippen molar-refractivity contribution >= 4 is 121 Å². The van der Waals surface area contributed by atoms with Gasteiger partial charge < -0.3 is 5.32 Å². The maximum Gasteiger partial charge on any atom is 0.263 e. The second-order valence-electron chi connectivity index (χ2n) is 13.3. The number of sulfonamides is 2. The summed E-state index contributed by atoms with van der Waals surface area (Å²) in [5, 5.41) is 4.50. The molecule has 0 saturated carbocycles. The Morgan fingerprint density at radius 2 is 1.59 bits per heavy atom. The van der Waals surface area contributed by atoms with Gasteiger partial charge in [-0.15, -0.1) is 11.3 Å². The summed E-state index contributed by atoms with van der Waals surface area (Å²) in [6, 6.07) is 18.5. The molecular weight excluding hydrogens is 898 g/mol. The Hall–Kier alpha value is -4.72. The maximum absolute atomic E-state index is 16.2. The second kappa shape index (κ2) is 15.4. The molecule has 59 heavy (non-hydrogen) atoms. The van der Waals surface area contributed by atoms with E-state index in [1.165, 1.54) is 66.3 Å². The fourth-order valence-corrected chi connectivity index (χ4v) is 12.2. The zero-order valence-electron chi connectivity index (χ0n) is 30.9. The Morgan fingerprint density at radius 3 is 2.37 bits per heavy atom. The van der Waals surface area contributed by atoms with Crippen LogP contribution in [-0.2, 0) is 25.5 Å². The van der Waals surface area contributed by atoms with Crippen LogP contribution in [-0.4, -0.2) is 57.2 Å². The monoisotopic (exact) mass is 926 g/mol. The van der Waals surface area contributed by atoms with Gasteiger partial charge in [0.05, 0.1) is 52.7 Å². The van der Waals surface area contributed by atoms with E-state index < -0.39 is 46.3 Å². The van der Waals surface area contributed by atoms with Crippen LogP contribution in [0.3, 0.4) is 0 Å². The van der Waals surface area contributed by atoms with Gasteiger partial charge in [0.2, 0.25) is 5.12 Å². The van der Waals surface area contributed by atoms with Crippen molar-refractivity contribution in [3.63, 3.8) is 0 Å². The fourth-order valence-electron chi connectivity index (χ4n) is 6.94. The van der Waals surface area contributed by atoms with Crippen molar-refractivity contribution in [2.45, 2.75) is 27.3 Å². The van der Waals surface area contributed by atoms with Gasteiger partial charge in [0.25, 0.3) is 20.0 Å². The summed E-state index contributed by atoms with van der Waals surface area (Å²) >= 11 is 23.2. The van der Waals surface area contributed by atoms with Crippen molar-refractivity contribution in [1.82, 2.24) is 20.3 Å². The van der Waals surface area contributed by atoms with Crippen LogP contribution in [0.15, 0.2) is 111 Å². The van der Waals surface area contributed by atoms with E-state index in [0.29, 0.717) is 11.1 Å². The van der Waals surface area contributed by atoms with Crippen molar-refractivity contribution in [3.8, 4) is 11.1 Å². The van der Waals surface area contributed by atoms with Gasteiger partial charge in [-0.2, -0.15) is 0 Å². The first kappa shape index (κ1) is 41.0. The number of anilines is 3. The predicted molar refractivity (Wildman–Crippen MR) is 237 cm³/mol. The minimum Gasteiger partial charge on any atom is -0.365 e. The molecule has 4 aromatic carbocycles. The van der Waals surface area contributed by atoms with Gasteiger partial charge in [-0.25, -0.2) is 36.2 Å². The normalized spacial score (nSPS) is 18.1. The number of hydrogen-bond acceptors (Lipinski definition) is 12. The molecule has 0 radical (unpaired) electrons. The summed E-state index contributed by atoms with van der Waals surface area (Å²) in [6.45, 7) is 1.51. The number of halogens is 4. The molecule has 7 aromatic rings. The molecule has 12 nitrogen and oxygen atoms in total. The summed E-state index contributed by atoms with van der Waals surface area (Å²) < 4.78 is 79.3. The van der Waals surface area contributed by atoms with E-state index in [0.717, 1.165) is 43.3 Å². The lowest BCUT2D eigenvalue weighted by Crippen LogP contribution is -2.55. The Balaban J connectivity index is 1.14. The van der Waals surface area contributed by atoms with E-state index in [-0.39, 0.29) is 32.6 Å². The number of rotatable bonds is 11. The summed E-state index contributed by atoms with van der Waals surface area (Å²) in [5.74, 6) is -0.757. The Bertz CT molecular complexity index is 3130. The molecule has 0 saturated heterocycles. The van der Waals surface area contributed by atoms with Crippen LogP contribution in [0, 0.1) is 12.7 Å². The lowest BCUT2D eigenvalue weighted by atomic mass is 9.70. The summed E-state index contributed by atoms with van der Waals surface area (Å²) in [5.41, 5.74) is 3.26. The van der Waals surface area contributed by atoms with Crippen LogP contribution in [0.4, 0.5) is 20.9 Å². The van der Waals surface area contributed by atoms with Gasteiger partial charge >= 0.3 is 0 Å². The number of likely N-dealkylation sites (N-methyl/N-ethyl adjacent to an activating group) is 1. The van der Waals surface area contributed by atoms with E-state index in [2.05, 4.69) is 40.0 Å². The zero-order valence-corrected chi connectivity index (χ0v) is 36.4. The van der Waals surface area contributed by atoms with Crippen molar-refractivity contribution in [2.24, 2.45) is 4.99 Å². The van der Waals surface area contributed by atoms with Gasteiger partial charge in [-0.1, -0.05) is 70.4 Å². The van der Waals surface area contributed by atoms with Crippen molar-refractivity contribution in [1.29, 1.82) is 0 Å². The number of nitrogens with one attached hydrogen (secondary N) is 4. The van der Waals surface area contributed by atoms with E-state index in [9.17, 15) is 16.8 Å². The van der Waals surface area contributed by atoms with Gasteiger partial charge in [-0.05, 0) is 91.3 Å². The number of hydrogen-bond donors (Lipinski definition) is 4. The van der Waals surface area contributed by atoms with E-state index in [1.807, 2.05) is 24.3 Å². The maximum atomic E-state index is 16.2. The molecule has 0 bridgehead atoms. The van der Waals surface area contributed by atoms with E-state index >= 15 is 4.39 Å². The van der Waals surface area contributed by atoms with Gasteiger partial charge in [0, 0.05) is 30.6 Å². The standard InChI is InChI=1S/C39H30Cl3FN8O4S4/c1-21-5-10-30(34(40)35(21)59(54,55)51-31-15-23(19-46-36(31)41)22-6-11-29-33(16-22)57-37(44-2)49-29)50-58(52,53)25-8-9-27(43)26(18-25)38(13-4-14-48-39(38,42)45-3)24-7-12-28-32(17-24)56-20-47-28/h4-20,45,50-51H,1-3H3,(H,44,49). The number of fused-ring (bicyclic) bond motifs is 2. The molecule has 4 N–H and O–H groups in total. The average molecular weight is 928 g/mol. The number of pyridine rings is 1. The first-order valence-corrected chi connectivity index (χ1v) is 23.2. The molecule has 20 heteroatoms. The van der Waals surface area contributed by atoms with E-state index in [1.54, 1.807) is 43.9 Å². The molecule has 8 rings (SSSR count). The second-order valence-corrected chi connectivity index (χ2v) is 19.8. The van der Waals surface area contributed by atoms with Crippen LogP contribution in [0.1, 0.15) is 16.7 Å². The lowest BCUT2D eigenvalue weighted by molar-refractivity contribution is 0.369.